The molecule has 2 heteroatoms. The molecule has 1 heterocycles. The Hall–Kier alpha value is -1.31. The van der Waals surface area contributed by atoms with E-state index in [2.05, 4.69) is 6.58 Å². The summed E-state index contributed by atoms with van der Waals surface area (Å²) in [4.78, 5) is 0. The molecule has 0 fully saturated rings. The Morgan fingerprint density at radius 3 is 2.40 bits per heavy atom. The molecule has 0 bridgehead atoms. The molecule has 2 N–H and O–H groups in total. The minimum absolute atomic E-state index is 0.677. The Bertz CT molecular complexity index is 216. The number of hydrogen-bond donors (Lipinski definition) is 1. The van der Waals surface area contributed by atoms with Crippen LogP contribution in [0.15, 0.2) is 42.9 Å². The second-order valence-corrected chi connectivity index (χ2v) is 2.21. The van der Waals surface area contributed by atoms with Gasteiger partial charge in [-0.1, -0.05) is 12.6 Å². The summed E-state index contributed by atoms with van der Waals surface area (Å²) < 4.78 is 1.97. The van der Waals surface area contributed by atoms with Crippen LogP contribution in [0, 0.1) is 0 Å². The molecule has 52 valence electrons. The van der Waals surface area contributed by atoms with E-state index in [1.807, 2.05) is 35.2 Å². The van der Waals surface area contributed by atoms with Crippen molar-refractivity contribution in [3.63, 3.8) is 0 Å². The zero-order valence-corrected chi connectivity index (χ0v) is 5.83. The Labute approximate surface area is 60.6 Å². The summed E-state index contributed by atoms with van der Waals surface area (Å²) in [5.41, 5.74) is 6.09. The molecule has 0 aliphatic rings. The number of nitrogens with two attached hydrogens (primary N) is 1. The van der Waals surface area contributed by atoms with Gasteiger partial charge < -0.3 is 5.73 Å². The van der Waals surface area contributed by atoms with Gasteiger partial charge in [-0.3, -0.25) is 0 Å². The molecule has 0 aromatic carbocycles. The summed E-state index contributed by atoms with van der Waals surface area (Å²) in [6.45, 7) is 4.30. The van der Waals surface area contributed by atoms with Crippen LogP contribution in [-0.2, 0) is 6.54 Å². The Kier molecular flexibility index (Phi) is 2.05. The standard InChI is InChI=1S/C8H11N2/c1-8(9)7-10-5-3-2-4-6-10/h2-6H,1,7,9H2/q+1. The number of allylic oxidation sites excluding steroid dienone is 1. The van der Waals surface area contributed by atoms with Gasteiger partial charge in [0.05, 0.1) is 5.70 Å². The second kappa shape index (κ2) is 3.01. The molecule has 0 radical (unpaired) electrons. The Morgan fingerprint density at radius 1 is 1.30 bits per heavy atom. The van der Waals surface area contributed by atoms with Gasteiger partial charge in [-0.25, -0.2) is 0 Å². The highest BCUT2D eigenvalue weighted by atomic mass is 14.9. The lowest BCUT2D eigenvalue weighted by molar-refractivity contribution is -0.689. The van der Waals surface area contributed by atoms with Gasteiger partial charge in [-0.05, 0) is 0 Å². The molecule has 0 amide bonds. The van der Waals surface area contributed by atoms with Crippen molar-refractivity contribution in [3.05, 3.63) is 42.9 Å². The molecule has 0 saturated heterocycles. The zero-order chi connectivity index (χ0) is 7.40. The lowest BCUT2D eigenvalue weighted by Crippen LogP contribution is -2.34. The smallest absolute Gasteiger partial charge is 0.187 e. The average Bonchev–Trinajstić information content (AvgIpc) is 1.88. The van der Waals surface area contributed by atoms with Gasteiger partial charge >= 0.3 is 0 Å². The van der Waals surface area contributed by atoms with Crippen LogP contribution < -0.4 is 10.3 Å². The third-order valence-corrected chi connectivity index (χ3v) is 1.16. The molecular weight excluding hydrogens is 124 g/mol. The number of hydrogen-bond acceptors (Lipinski definition) is 1. The van der Waals surface area contributed by atoms with E-state index in [1.165, 1.54) is 0 Å². The van der Waals surface area contributed by atoms with E-state index in [4.69, 9.17) is 5.73 Å². The second-order valence-electron chi connectivity index (χ2n) is 2.21. The predicted octanol–water partition coefficient (Wildman–Crippen LogP) is 0.446. The van der Waals surface area contributed by atoms with Crippen LogP contribution in [-0.4, -0.2) is 0 Å². The van der Waals surface area contributed by atoms with Crippen LogP contribution in [0.4, 0.5) is 0 Å². The summed E-state index contributed by atoms with van der Waals surface area (Å²) in [6, 6.07) is 5.89. The van der Waals surface area contributed by atoms with Crippen LogP contribution in [0.25, 0.3) is 0 Å². The summed E-state index contributed by atoms with van der Waals surface area (Å²) in [5.74, 6) is 0. The molecule has 10 heavy (non-hydrogen) atoms. The van der Waals surface area contributed by atoms with Crippen LogP contribution in [0.3, 0.4) is 0 Å². The molecular formula is C8H11N2+. The summed E-state index contributed by atoms with van der Waals surface area (Å²) in [7, 11) is 0. The first kappa shape index (κ1) is 6.81. The van der Waals surface area contributed by atoms with Gasteiger partial charge in [0.15, 0.2) is 18.9 Å². The molecule has 0 aliphatic carbocycles. The third kappa shape index (κ3) is 1.90. The predicted molar refractivity (Wildman–Crippen MR) is 40.0 cm³/mol. The lowest BCUT2D eigenvalue weighted by atomic mass is 10.4. The molecule has 0 unspecified atom stereocenters. The Morgan fingerprint density at radius 2 is 1.90 bits per heavy atom. The van der Waals surface area contributed by atoms with E-state index >= 15 is 0 Å². The first-order valence-corrected chi connectivity index (χ1v) is 3.16. The topological polar surface area (TPSA) is 29.9 Å². The maximum absolute atomic E-state index is 5.41. The number of aromatic nitrogens is 1. The molecule has 0 saturated carbocycles. The molecule has 1 aromatic heterocycles. The SMILES string of the molecule is C=C(N)C[n+]1ccccc1. The maximum atomic E-state index is 5.41. The monoisotopic (exact) mass is 135 g/mol. The summed E-state index contributed by atoms with van der Waals surface area (Å²) in [6.07, 6.45) is 3.91. The summed E-state index contributed by atoms with van der Waals surface area (Å²) >= 11 is 0. The number of pyridine rings is 1. The first-order valence-electron chi connectivity index (χ1n) is 3.16. The lowest BCUT2D eigenvalue weighted by Gasteiger charge is -1.92. The van der Waals surface area contributed by atoms with Crippen molar-refractivity contribution in [1.82, 2.24) is 0 Å². The Balaban J connectivity index is 2.67. The van der Waals surface area contributed by atoms with Crippen molar-refractivity contribution in [2.24, 2.45) is 5.73 Å². The van der Waals surface area contributed by atoms with Crippen molar-refractivity contribution in [2.45, 2.75) is 6.54 Å². The van der Waals surface area contributed by atoms with Crippen molar-refractivity contribution in [1.29, 1.82) is 0 Å². The van der Waals surface area contributed by atoms with Crippen LogP contribution in [0.2, 0.25) is 0 Å². The molecule has 0 spiro atoms. The van der Waals surface area contributed by atoms with E-state index in [0.29, 0.717) is 12.2 Å². The fourth-order valence-electron chi connectivity index (χ4n) is 0.774. The van der Waals surface area contributed by atoms with E-state index in [1.54, 1.807) is 0 Å². The van der Waals surface area contributed by atoms with Gasteiger partial charge in [0, 0.05) is 12.1 Å². The van der Waals surface area contributed by atoms with Gasteiger partial charge in [-0.15, -0.1) is 0 Å². The fourth-order valence-corrected chi connectivity index (χ4v) is 0.774. The van der Waals surface area contributed by atoms with Gasteiger partial charge in [-0.2, -0.15) is 4.57 Å². The average molecular weight is 135 g/mol. The van der Waals surface area contributed by atoms with Gasteiger partial charge in [0.25, 0.3) is 0 Å². The van der Waals surface area contributed by atoms with Crippen molar-refractivity contribution < 1.29 is 4.57 Å². The van der Waals surface area contributed by atoms with E-state index in [0.717, 1.165) is 0 Å². The van der Waals surface area contributed by atoms with Crippen molar-refractivity contribution in [2.75, 3.05) is 0 Å². The van der Waals surface area contributed by atoms with Gasteiger partial charge in [0.1, 0.15) is 0 Å². The fraction of sp³-hybridized carbons (Fsp3) is 0.125. The van der Waals surface area contributed by atoms with Crippen LogP contribution >= 0.6 is 0 Å². The summed E-state index contributed by atoms with van der Waals surface area (Å²) in [5, 5.41) is 0. The molecule has 1 rings (SSSR count). The van der Waals surface area contributed by atoms with Crippen LogP contribution in [0.1, 0.15) is 0 Å². The van der Waals surface area contributed by atoms with E-state index < -0.39 is 0 Å². The van der Waals surface area contributed by atoms with Crippen molar-refractivity contribution in [3.8, 4) is 0 Å². The van der Waals surface area contributed by atoms with Crippen LogP contribution in [0.5, 0.6) is 0 Å². The highest BCUT2D eigenvalue weighted by molar-refractivity contribution is 4.86. The third-order valence-electron chi connectivity index (χ3n) is 1.16. The highest BCUT2D eigenvalue weighted by Gasteiger charge is 1.95. The quantitative estimate of drug-likeness (QED) is 0.586. The minimum Gasteiger partial charge on any atom is -0.397 e. The zero-order valence-electron chi connectivity index (χ0n) is 5.83. The highest BCUT2D eigenvalue weighted by Crippen LogP contribution is 1.79. The largest absolute Gasteiger partial charge is 0.397 e. The van der Waals surface area contributed by atoms with E-state index in [-0.39, 0.29) is 0 Å². The normalized spacial score (nSPS) is 9.20. The molecule has 2 nitrogen and oxygen atoms in total. The van der Waals surface area contributed by atoms with Gasteiger partial charge in [0.2, 0.25) is 0 Å². The van der Waals surface area contributed by atoms with Crippen molar-refractivity contribution >= 4 is 0 Å². The minimum atomic E-state index is 0.677. The number of nitrogens with zero attached hydrogens (tertiary/aromatic N) is 1. The number of rotatable bonds is 2. The van der Waals surface area contributed by atoms with E-state index in [9.17, 15) is 0 Å². The molecule has 0 aliphatic heterocycles. The maximum Gasteiger partial charge on any atom is 0.187 e. The molecule has 0 atom stereocenters. The first-order chi connectivity index (χ1) is 4.79. The molecule has 1 aromatic rings.